The molecule has 0 aliphatic rings. The van der Waals surface area contributed by atoms with Gasteiger partial charge in [0.1, 0.15) is 0 Å². The molecule has 6 nitrogen and oxygen atoms in total. The number of carbonyl (C=O) groups is 1. The Hall–Kier alpha value is -1.15. The lowest BCUT2D eigenvalue weighted by molar-refractivity contribution is -0.146. The van der Waals surface area contributed by atoms with Crippen LogP contribution in [0.4, 0.5) is 26.3 Å². The van der Waals surface area contributed by atoms with Crippen LogP contribution < -0.4 is 4.13 Å². The van der Waals surface area contributed by atoms with Crippen molar-refractivity contribution < 1.29 is 48.0 Å². The second-order valence-electron chi connectivity index (χ2n) is 3.11. The van der Waals surface area contributed by atoms with Crippen molar-refractivity contribution in [1.29, 1.82) is 0 Å². The Kier molecular flexibility index (Phi) is 5.02. The van der Waals surface area contributed by atoms with E-state index in [1.54, 1.807) is 0 Å². The van der Waals surface area contributed by atoms with Gasteiger partial charge in [-0.3, -0.25) is 4.79 Å². The highest BCUT2D eigenvalue weighted by Gasteiger charge is 2.57. The van der Waals surface area contributed by atoms with E-state index in [0.29, 0.717) is 0 Å². The molecule has 20 heavy (non-hydrogen) atoms. The average Bonchev–Trinajstić information content (AvgIpc) is 2.10. The van der Waals surface area contributed by atoms with Crippen molar-refractivity contribution in [1.82, 2.24) is 4.13 Å². The van der Waals surface area contributed by atoms with E-state index < -0.39 is 42.8 Å². The van der Waals surface area contributed by atoms with Gasteiger partial charge in [-0.1, -0.05) is 6.58 Å². The molecule has 14 heteroatoms. The van der Waals surface area contributed by atoms with Crippen molar-refractivity contribution in [3.8, 4) is 0 Å². The third-order valence-corrected chi connectivity index (χ3v) is 5.13. The molecule has 0 fully saturated rings. The zero-order chi connectivity index (χ0) is 16.6. The highest BCUT2D eigenvalue weighted by molar-refractivity contribution is 8.05. The first-order valence-corrected chi connectivity index (χ1v) is 7.16. The topological polar surface area (TPSA) is 97.4 Å². The van der Waals surface area contributed by atoms with Crippen molar-refractivity contribution in [3.63, 3.8) is 0 Å². The maximum absolute atomic E-state index is 12.4. The summed E-state index contributed by atoms with van der Waals surface area (Å²) in [5, 5.41) is -4.02. The van der Waals surface area contributed by atoms with Gasteiger partial charge in [0.25, 0.3) is 0 Å². The summed E-state index contributed by atoms with van der Waals surface area (Å²) >= 11 is 0. The van der Waals surface area contributed by atoms with Gasteiger partial charge in [-0.25, -0.2) is 16.8 Å². The quantitative estimate of drug-likeness (QED) is 0.574. The minimum absolute atomic E-state index is 0.113. The molecule has 1 N–H and O–H groups in total. The van der Waals surface area contributed by atoms with Crippen LogP contribution in [0.25, 0.3) is 0 Å². The SMILES string of the molecule is C=CC(=O)C(C(F)(F)F)S(=O)(=O)NS(=O)(=O)C(F)(F)F. The van der Waals surface area contributed by atoms with Gasteiger partial charge in [-0.2, -0.15) is 26.3 Å². The number of carbonyl (C=O) groups excluding carboxylic acids is 1. The number of halogens is 6. The van der Waals surface area contributed by atoms with E-state index in [9.17, 15) is 48.0 Å². The summed E-state index contributed by atoms with van der Waals surface area (Å²) in [6.45, 7) is 2.54. The number of nitrogens with one attached hydrogen (secondary N) is 1. The zero-order valence-corrected chi connectivity index (χ0v) is 10.6. The molecule has 0 spiro atoms. The van der Waals surface area contributed by atoms with E-state index in [0.717, 1.165) is 0 Å². The number of hydrogen-bond acceptors (Lipinski definition) is 5. The smallest absolute Gasteiger partial charge is 0.293 e. The largest absolute Gasteiger partial charge is 0.512 e. The maximum Gasteiger partial charge on any atom is 0.512 e. The number of rotatable bonds is 5. The fourth-order valence-electron chi connectivity index (χ4n) is 0.845. The lowest BCUT2D eigenvalue weighted by atomic mass is 10.3. The molecule has 0 aromatic carbocycles. The average molecular weight is 349 g/mol. The monoisotopic (exact) mass is 349 g/mol. The van der Waals surface area contributed by atoms with Crippen LogP contribution in [-0.4, -0.2) is 39.6 Å². The van der Waals surface area contributed by atoms with Crippen molar-refractivity contribution in [2.45, 2.75) is 16.9 Å². The van der Waals surface area contributed by atoms with Crippen LogP contribution in [0.1, 0.15) is 0 Å². The fraction of sp³-hybridized carbons (Fsp3) is 0.500. The van der Waals surface area contributed by atoms with Crippen LogP contribution in [0, 0.1) is 0 Å². The predicted molar refractivity (Wildman–Crippen MR) is 52.1 cm³/mol. The Labute approximate surface area is 108 Å². The zero-order valence-electron chi connectivity index (χ0n) is 8.99. The van der Waals surface area contributed by atoms with E-state index in [1.165, 1.54) is 0 Å². The molecule has 0 heterocycles. The third kappa shape index (κ3) is 4.17. The first-order chi connectivity index (χ1) is 8.56. The van der Waals surface area contributed by atoms with Crippen LogP contribution in [0.3, 0.4) is 0 Å². The number of alkyl halides is 6. The van der Waals surface area contributed by atoms with E-state index in [2.05, 4.69) is 6.58 Å². The van der Waals surface area contributed by atoms with Crippen molar-refractivity contribution in [3.05, 3.63) is 12.7 Å². The molecule has 1 atom stereocenters. The lowest BCUT2D eigenvalue weighted by Gasteiger charge is -2.19. The van der Waals surface area contributed by atoms with Crippen LogP contribution in [0.5, 0.6) is 0 Å². The summed E-state index contributed by atoms with van der Waals surface area (Å²) in [4.78, 5) is 10.8. The van der Waals surface area contributed by atoms with Crippen LogP contribution >= 0.6 is 0 Å². The van der Waals surface area contributed by atoms with E-state index in [-0.39, 0.29) is 10.2 Å². The van der Waals surface area contributed by atoms with E-state index in [1.807, 2.05) is 0 Å². The molecule has 0 saturated carbocycles. The minimum Gasteiger partial charge on any atom is -0.293 e. The molecular formula is C6H5F6NO5S2. The lowest BCUT2D eigenvalue weighted by Crippen LogP contribution is -2.52. The normalized spacial score (nSPS) is 15.7. The number of ketones is 1. The summed E-state index contributed by atoms with van der Waals surface area (Å²) in [6, 6.07) is 0. The summed E-state index contributed by atoms with van der Waals surface area (Å²) in [6.07, 6.45) is -5.95. The van der Waals surface area contributed by atoms with Crippen molar-refractivity contribution in [2.75, 3.05) is 0 Å². The maximum atomic E-state index is 12.4. The van der Waals surface area contributed by atoms with Gasteiger partial charge in [0.15, 0.2) is 5.78 Å². The Balaban J connectivity index is 5.85. The van der Waals surface area contributed by atoms with Crippen LogP contribution in [0.2, 0.25) is 0 Å². The standard InChI is InChI=1S/C6H5F6NO5S2/c1-2-3(14)4(5(7,8)9)19(15,16)13-20(17,18)6(10,11)12/h2,4,13H,1H2. The highest BCUT2D eigenvalue weighted by Crippen LogP contribution is 2.29. The third-order valence-electron chi connectivity index (χ3n) is 1.60. The summed E-state index contributed by atoms with van der Waals surface area (Å²) < 4.78 is 116. The molecule has 1 unspecified atom stereocenters. The molecule has 0 aliphatic heterocycles. The Morgan fingerprint density at radius 1 is 1.05 bits per heavy atom. The molecular weight excluding hydrogens is 344 g/mol. The fourth-order valence-corrected chi connectivity index (χ4v) is 3.59. The predicted octanol–water partition coefficient (Wildman–Crippen LogP) is 0.441. The van der Waals surface area contributed by atoms with E-state index in [4.69, 9.17) is 0 Å². The van der Waals surface area contributed by atoms with Crippen molar-refractivity contribution in [2.24, 2.45) is 0 Å². The van der Waals surface area contributed by atoms with Gasteiger partial charge in [0, 0.05) is 0 Å². The molecule has 0 aromatic heterocycles. The summed E-state index contributed by atoms with van der Waals surface area (Å²) in [7, 11) is -12.9. The molecule has 0 aromatic rings. The Morgan fingerprint density at radius 3 is 1.70 bits per heavy atom. The van der Waals surface area contributed by atoms with Crippen molar-refractivity contribution >= 4 is 25.8 Å². The van der Waals surface area contributed by atoms with Crippen LogP contribution in [0.15, 0.2) is 12.7 Å². The first-order valence-electron chi connectivity index (χ1n) is 4.13. The van der Waals surface area contributed by atoms with Gasteiger partial charge in [0.2, 0.25) is 15.3 Å². The Morgan fingerprint density at radius 2 is 1.45 bits per heavy atom. The highest BCUT2D eigenvalue weighted by atomic mass is 32.3. The Bertz CT molecular complexity index is 601. The second-order valence-corrected chi connectivity index (χ2v) is 6.80. The molecule has 0 saturated heterocycles. The first kappa shape index (κ1) is 18.8. The molecule has 0 bridgehead atoms. The second kappa shape index (κ2) is 5.33. The van der Waals surface area contributed by atoms with Gasteiger partial charge in [-0.05, 0) is 6.08 Å². The van der Waals surface area contributed by atoms with Gasteiger partial charge in [-0.15, -0.1) is 4.13 Å². The molecule has 0 amide bonds. The number of hydrogen-bond donors (Lipinski definition) is 1. The molecule has 0 radical (unpaired) electrons. The molecule has 0 rings (SSSR count). The minimum atomic E-state index is -6.63. The summed E-state index contributed by atoms with van der Waals surface area (Å²) in [5.74, 6) is -2.23. The molecule has 0 aliphatic carbocycles. The van der Waals surface area contributed by atoms with Gasteiger partial charge < -0.3 is 0 Å². The van der Waals surface area contributed by atoms with E-state index >= 15 is 0 Å². The van der Waals surface area contributed by atoms with Crippen LogP contribution in [-0.2, 0) is 24.8 Å². The number of allylic oxidation sites excluding steroid dienone is 1. The van der Waals surface area contributed by atoms with Gasteiger partial charge >= 0.3 is 21.7 Å². The number of sulfonamides is 2. The molecule has 118 valence electrons. The van der Waals surface area contributed by atoms with Gasteiger partial charge in [0.05, 0.1) is 0 Å². The summed E-state index contributed by atoms with van der Waals surface area (Å²) in [5.41, 5.74) is -6.17.